The minimum atomic E-state index is -0.571. The maximum atomic E-state index is 13.7. The molecule has 8 heteroatoms. The van der Waals surface area contributed by atoms with Crippen LogP contribution in [0.3, 0.4) is 0 Å². The van der Waals surface area contributed by atoms with Crippen molar-refractivity contribution in [3.8, 4) is 0 Å². The molecule has 1 N–H and O–H groups in total. The molecule has 2 heterocycles. The molecule has 0 saturated heterocycles. The van der Waals surface area contributed by atoms with Gasteiger partial charge in [-0.3, -0.25) is 9.59 Å². The highest BCUT2D eigenvalue weighted by Gasteiger charge is 2.23. The lowest BCUT2D eigenvalue weighted by Crippen LogP contribution is -2.31. The van der Waals surface area contributed by atoms with E-state index in [4.69, 9.17) is 11.6 Å². The number of pyridine rings is 1. The zero-order chi connectivity index (χ0) is 20.5. The highest BCUT2D eigenvalue weighted by Crippen LogP contribution is 2.28. The lowest BCUT2D eigenvalue weighted by molar-refractivity contribution is 0.0988. The number of nitrogens with one attached hydrogen (secondary N) is 1. The lowest BCUT2D eigenvalue weighted by Gasteiger charge is -2.23. The first-order chi connectivity index (χ1) is 13.9. The van der Waals surface area contributed by atoms with E-state index >= 15 is 0 Å². The minimum Gasteiger partial charge on any atom is -0.322 e. The van der Waals surface area contributed by atoms with Crippen LogP contribution >= 0.6 is 22.9 Å². The summed E-state index contributed by atoms with van der Waals surface area (Å²) < 4.78 is 13.7. The number of aromatic amines is 1. The van der Waals surface area contributed by atoms with E-state index in [0.717, 1.165) is 5.39 Å². The smallest absolute Gasteiger partial charge is 0.270 e. The summed E-state index contributed by atoms with van der Waals surface area (Å²) in [4.78, 5) is 34.3. The number of para-hydroxylation sites is 1. The number of fused-ring (bicyclic) bond motifs is 1. The molecule has 2 aromatic heterocycles. The number of H-pyrrole nitrogens is 1. The number of aromatic nitrogens is 2. The number of hydrogen-bond acceptors (Lipinski definition) is 4. The molecule has 0 bridgehead atoms. The van der Waals surface area contributed by atoms with Gasteiger partial charge in [0.15, 0.2) is 0 Å². The van der Waals surface area contributed by atoms with Gasteiger partial charge in [0, 0.05) is 22.7 Å². The number of nitrogens with zero attached hydrogens (tertiary/aromatic N) is 2. The standard InChI is InChI=1S/C21H15ClFN3O2S/c1-12-20(29-11-24-12)21(28)26(14-6-7-17(23)16(22)9-14)10-13-8-19(27)25-18-5-3-2-4-15(13)18/h2-9,11H,10H2,1H3,(H,25,27). The molecule has 0 atom stereocenters. The summed E-state index contributed by atoms with van der Waals surface area (Å²) in [5.41, 5.74) is 3.71. The van der Waals surface area contributed by atoms with E-state index in [1.807, 2.05) is 18.2 Å². The van der Waals surface area contributed by atoms with Gasteiger partial charge >= 0.3 is 0 Å². The zero-order valence-corrected chi connectivity index (χ0v) is 16.9. The molecule has 146 valence electrons. The largest absolute Gasteiger partial charge is 0.322 e. The molecule has 5 nitrogen and oxygen atoms in total. The molecule has 4 rings (SSSR count). The summed E-state index contributed by atoms with van der Waals surface area (Å²) in [6.07, 6.45) is 0. The molecule has 0 radical (unpaired) electrons. The molecule has 0 aliphatic rings. The summed E-state index contributed by atoms with van der Waals surface area (Å²) in [6.45, 7) is 1.87. The number of amides is 1. The van der Waals surface area contributed by atoms with Crippen LogP contribution < -0.4 is 10.5 Å². The fourth-order valence-corrected chi connectivity index (χ4v) is 4.07. The van der Waals surface area contributed by atoms with Crippen molar-refractivity contribution in [2.75, 3.05) is 4.90 Å². The van der Waals surface area contributed by atoms with Gasteiger partial charge in [0.25, 0.3) is 5.91 Å². The SMILES string of the molecule is Cc1ncsc1C(=O)N(Cc1cc(=O)[nH]c2ccccc12)c1ccc(F)c(Cl)c1. The zero-order valence-electron chi connectivity index (χ0n) is 15.3. The maximum absolute atomic E-state index is 13.7. The van der Waals surface area contributed by atoms with Gasteiger partial charge in [-0.05, 0) is 36.8 Å². The van der Waals surface area contributed by atoms with E-state index in [2.05, 4.69) is 9.97 Å². The summed E-state index contributed by atoms with van der Waals surface area (Å²) in [5, 5.41) is 0.733. The van der Waals surface area contributed by atoms with Crippen LogP contribution in [0.15, 0.2) is 58.8 Å². The normalized spacial score (nSPS) is 11.0. The van der Waals surface area contributed by atoms with E-state index in [0.29, 0.717) is 27.3 Å². The van der Waals surface area contributed by atoms with Gasteiger partial charge in [-0.15, -0.1) is 11.3 Å². The molecule has 4 aromatic rings. The van der Waals surface area contributed by atoms with E-state index in [-0.39, 0.29) is 23.0 Å². The second-order valence-corrected chi connectivity index (χ2v) is 7.72. The highest BCUT2D eigenvalue weighted by atomic mass is 35.5. The summed E-state index contributed by atoms with van der Waals surface area (Å²) in [6, 6.07) is 12.9. The van der Waals surface area contributed by atoms with Gasteiger partial charge < -0.3 is 9.88 Å². The third kappa shape index (κ3) is 3.79. The second-order valence-electron chi connectivity index (χ2n) is 6.46. The number of benzene rings is 2. The van der Waals surface area contributed by atoms with Crippen molar-refractivity contribution in [2.24, 2.45) is 0 Å². The average molecular weight is 428 g/mol. The Balaban J connectivity index is 1.85. The fraction of sp³-hybridized carbons (Fsp3) is 0.0952. The Bertz CT molecular complexity index is 1280. The molecular weight excluding hydrogens is 413 g/mol. The Morgan fingerprint density at radius 1 is 1.24 bits per heavy atom. The van der Waals surface area contributed by atoms with Crippen LogP contribution in [0.5, 0.6) is 0 Å². The third-order valence-corrected chi connectivity index (χ3v) is 5.77. The summed E-state index contributed by atoms with van der Waals surface area (Å²) in [5.74, 6) is -0.865. The Hall–Kier alpha value is -3.03. The van der Waals surface area contributed by atoms with Gasteiger partial charge in [0.05, 0.1) is 22.8 Å². The average Bonchev–Trinajstić information content (AvgIpc) is 3.13. The van der Waals surface area contributed by atoms with Gasteiger partial charge in [0.1, 0.15) is 10.7 Å². The molecule has 0 spiro atoms. The van der Waals surface area contributed by atoms with E-state index in [1.165, 1.54) is 40.5 Å². The number of hydrogen-bond donors (Lipinski definition) is 1. The number of rotatable bonds is 4. The molecule has 0 aliphatic heterocycles. The molecule has 0 saturated carbocycles. The quantitative estimate of drug-likeness (QED) is 0.502. The Morgan fingerprint density at radius 3 is 2.76 bits per heavy atom. The molecular formula is C21H15ClFN3O2S. The predicted molar refractivity (Wildman–Crippen MR) is 113 cm³/mol. The maximum Gasteiger partial charge on any atom is 0.270 e. The first kappa shape index (κ1) is 19.3. The van der Waals surface area contributed by atoms with Crippen molar-refractivity contribution >= 4 is 45.4 Å². The Kier molecular flexibility index (Phi) is 5.17. The molecule has 0 fully saturated rings. The van der Waals surface area contributed by atoms with E-state index in [1.54, 1.807) is 18.5 Å². The van der Waals surface area contributed by atoms with Crippen molar-refractivity contribution in [2.45, 2.75) is 13.5 Å². The topological polar surface area (TPSA) is 66.1 Å². The summed E-state index contributed by atoms with van der Waals surface area (Å²) in [7, 11) is 0. The van der Waals surface area contributed by atoms with Crippen LogP contribution in [0.25, 0.3) is 10.9 Å². The van der Waals surface area contributed by atoms with Crippen molar-refractivity contribution in [1.82, 2.24) is 9.97 Å². The number of carbonyl (C=O) groups excluding carboxylic acids is 1. The van der Waals surface area contributed by atoms with Crippen LogP contribution in [0.1, 0.15) is 20.9 Å². The van der Waals surface area contributed by atoms with Crippen LogP contribution in [0.2, 0.25) is 5.02 Å². The van der Waals surface area contributed by atoms with Crippen molar-refractivity contribution in [1.29, 1.82) is 0 Å². The lowest BCUT2D eigenvalue weighted by atomic mass is 10.1. The first-order valence-corrected chi connectivity index (χ1v) is 9.98. The minimum absolute atomic E-state index is 0.0860. The predicted octanol–water partition coefficient (Wildman–Crippen LogP) is 4.93. The van der Waals surface area contributed by atoms with Crippen molar-refractivity contribution in [3.05, 3.63) is 91.4 Å². The number of aryl methyl sites for hydroxylation is 1. The van der Waals surface area contributed by atoms with Gasteiger partial charge in [-0.25, -0.2) is 9.37 Å². The molecule has 0 aliphatic carbocycles. The van der Waals surface area contributed by atoms with E-state index < -0.39 is 5.82 Å². The second kappa shape index (κ2) is 7.77. The van der Waals surface area contributed by atoms with Crippen LogP contribution in [0.4, 0.5) is 10.1 Å². The Labute approximate surface area is 174 Å². The number of carbonyl (C=O) groups is 1. The third-order valence-electron chi connectivity index (χ3n) is 4.56. The number of halogens is 2. The Morgan fingerprint density at radius 2 is 2.03 bits per heavy atom. The monoisotopic (exact) mass is 427 g/mol. The fourth-order valence-electron chi connectivity index (χ4n) is 3.14. The first-order valence-electron chi connectivity index (χ1n) is 8.72. The number of anilines is 1. The van der Waals surface area contributed by atoms with Crippen molar-refractivity contribution in [3.63, 3.8) is 0 Å². The van der Waals surface area contributed by atoms with Crippen LogP contribution in [-0.4, -0.2) is 15.9 Å². The highest BCUT2D eigenvalue weighted by molar-refractivity contribution is 7.12. The molecule has 2 aromatic carbocycles. The summed E-state index contributed by atoms with van der Waals surface area (Å²) >= 11 is 7.19. The van der Waals surface area contributed by atoms with Crippen molar-refractivity contribution < 1.29 is 9.18 Å². The molecule has 1 amide bonds. The van der Waals surface area contributed by atoms with Crippen LogP contribution in [-0.2, 0) is 6.54 Å². The molecule has 0 unspecified atom stereocenters. The van der Waals surface area contributed by atoms with Gasteiger partial charge in [0.2, 0.25) is 5.56 Å². The van der Waals surface area contributed by atoms with E-state index in [9.17, 15) is 14.0 Å². The van der Waals surface area contributed by atoms with Gasteiger partial charge in [-0.2, -0.15) is 0 Å². The number of thiazole rings is 1. The van der Waals surface area contributed by atoms with Crippen LogP contribution in [0, 0.1) is 12.7 Å². The molecule has 29 heavy (non-hydrogen) atoms. The van der Waals surface area contributed by atoms with Gasteiger partial charge in [-0.1, -0.05) is 29.8 Å².